The van der Waals surface area contributed by atoms with Crippen molar-refractivity contribution < 1.29 is 9.90 Å². The number of likely N-dealkylation sites (tertiary alicyclic amines) is 1. The number of aliphatic hydroxyl groups excluding tert-OH is 1. The third kappa shape index (κ3) is 3.23. The van der Waals surface area contributed by atoms with Crippen LogP contribution in [0.1, 0.15) is 18.4 Å². The lowest BCUT2D eigenvalue weighted by Gasteiger charge is -2.31. The van der Waals surface area contributed by atoms with E-state index in [1.165, 1.54) is 0 Å². The van der Waals surface area contributed by atoms with Gasteiger partial charge in [0.25, 0.3) is 0 Å². The van der Waals surface area contributed by atoms with Gasteiger partial charge in [-0.1, -0.05) is 12.1 Å². The van der Waals surface area contributed by atoms with E-state index >= 15 is 0 Å². The SMILES string of the molecule is Cc1cccc(NC(=O)N2CCC[C@H](CO)C2)c1. The molecule has 98 valence electrons. The van der Waals surface area contributed by atoms with E-state index in [9.17, 15) is 4.79 Å². The zero-order valence-corrected chi connectivity index (χ0v) is 10.7. The van der Waals surface area contributed by atoms with Crippen molar-refractivity contribution in [1.82, 2.24) is 4.90 Å². The van der Waals surface area contributed by atoms with Crippen LogP contribution < -0.4 is 5.32 Å². The van der Waals surface area contributed by atoms with Crippen LogP contribution in [0, 0.1) is 12.8 Å². The molecule has 4 nitrogen and oxygen atoms in total. The molecule has 18 heavy (non-hydrogen) atoms. The highest BCUT2D eigenvalue weighted by molar-refractivity contribution is 5.89. The summed E-state index contributed by atoms with van der Waals surface area (Å²) in [6.45, 7) is 3.58. The first kappa shape index (κ1) is 12.9. The van der Waals surface area contributed by atoms with E-state index in [0.717, 1.165) is 30.6 Å². The summed E-state index contributed by atoms with van der Waals surface area (Å²) in [5, 5.41) is 12.1. The molecule has 1 aromatic rings. The largest absolute Gasteiger partial charge is 0.396 e. The second kappa shape index (κ2) is 5.87. The van der Waals surface area contributed by atoms with Crippen LogP contribution >= 0.6 is 0 Å². The van der Waals surface area contributed by atoms with Crippen molar-refractivity contribution in [2.45, 2.75) is 19.8 Å². The van der Waals surface area contributed by atoms with Crippen molar-refractivity contribution in [3.8, 4) is 0 Å². The van der Waals surface area contributed by atoms with E-state index < -0.39 is 0 Å². The molecule has 2 amide bonds. The molecule has 1 aliphatic heterocycles. The van der Waals surface area contributed by atoms with Crippen LogP contribution in [0.5, 0.6) is 0 Å². The fourth-order valence-corrected chi connectivity index (χ4v) is 2.32. The molecule has 1 aromatic carbocycles. The van der Waals surface area contributed by atoms with Gasteiger partial charge >= 0.3 is 6.03 Å². The Morgan fingerprint density at radius 3 is 3.11 bits per heavy atom. The molecular formula is C14H20N2O2. The van der Waals surface area contributed by atoms with Gasteiger partial charge in [0.1, 0.15) is 0 Å². The van der Waals surface area contributed by atoms with Crippen molar-refractivity contribution in [2.75, 3.05) is 25.0 Å². The molecular weight excluding hydrogens is 228 g/mol. The molecule has 0 bridgehead atoms. The fraction of sp³-hybridized carbons (Fsp3) is 0.500. The molecule has 1 aliphatic rings. The number of rotatable bonds is 2. The topological polar surface area (TPSA) is 52.6 Å². The Hall–Kier alpha value is -1.55. The molecule has 4 heteroatoms. The van der Waals surface area contributed by atoms with Crippen LogP contribution in [0.4, 0.5) is 10.5 Å². The normalized spacial score (nSPS) is 19.7. The Morgan fingerprint density at radius 2 is 2.39 bits per heavy atom. The molecule has 2 N–H and O–H groups in total. The highest BCUT2D eigenvalue weighted by Crippen LogP contribution is 2.17. The minimum atomic E-state index is -0.0706. The molecule has 0 unspecified atom stereocenters. The quantitative estimate of drug-likeness (QED) is 0.843. The summed E-state index contributed by atoms with van der Waals surface area (Å²) in [6, 6.07) is 7.69. The second-order valence-corrected chi connectivity index (χ2v) is 4.94. The third-order valence-electron chi connectivity index (χ3n) is 3.33. The van der Waals surface area contributed by atoms with Crippen LogP contribution in [-0.2, 0) is 0 Å². The van der Waals surface area contributed by atoms with Crippen molar-refractivity contribution in [2.24, 2.45) is 5.92 Å². The van der Waals surface area contributed by atoms with Crippen molar-refractivity contribution in [1.29, 1.82) is 0 Å². The summed E-state index contributed by atoms with van der Waals surface area (Å²) in [7, 11) is 0. The van der Waals surface area contributed by atoms with Crippen LogP contribution in [0.2, 0.25) is 0 Å². The van der Waals surface area contributed by atoms with Crippen molar-refractivity contribution >= 4 is 11.7 Å². The highest BCUT2D eigenvalue weighted by atomic mass is 16.3. The number of carbonyl (C=O) groups is 1. The first-order valence-electron chi connectivity index (χ1n) is 6.42. The van der Waals surface area contributed by atoms with Gasteiger partial charge in [-0.15, -0.1) is 0 Å². The minimum Gasteiger partial charge on any atom is -0.396 e. The number of urea groups is 1. The number of piperidine rings is 1. The number of hydrogen-bond acceptors (Lipinski definition) is 2. The van der Waals surface area contributed by atoms with Gasteiger partial charge in [-0.25, -0.2) is 4.79 Å². The Morgan fingerprint density at radius 1 is 1.56 bits per heavy atom. The number of hydrogen-bond donors (Lipinski definition) is 2. The predicted octanol–water partition coefficient (Wildman–Crippen LogP) is 2.23. The van der Waals surface area contributed by atoms with Crippen LogP contribution in [0.15, 0.2) is 24.3 Å². The van der Waals surface area contributed by atoms with Gasteiger partial charge < -0.3 is 15.3 Å². The summed E-state index contributed by atoms with van der Waals surface area (Å²) in [6.07, 6.45) is 1.97. The molecule has 0 spiro atoms. The number of anilines is 1. The van der Waals surface area contributed by atoms with Gasteiger partial charge in [-0.05, 0) is 43.4 Å². The van der Waals surface area contributed by atoms with Gasteiger partial charge in [0.2, 0.25) is 0 Å². The maximum absolute atomic E-state index is 12.1. The zero-order valence-electron chi connectivity index (χ0n) is 10.7. The summed E-state index contributed by atoms with van der Waals surface area (Å²) < 4.78 is 0. The zero-order chi connectivity index (χ0) is 13.0. The number of aryl methyl sites for hydroxylation is 1. The number of benzene rings is 1. The number of amides is 2. The lowest BCUT2D eigenvalue weighted by atomic mass is 9.99. The summed E-state index contributed by atoms with van der Waals surface area (Å²) in [4.78, 5) is 13.9. The van der Waals surface area contributed by atoms with E-state index in [1.807, 2.05) is 31.2 Å². The van der Waals surface area contributed by atoms with Gasteiger partial charge in [-0.2, -0.15) is 0 Å². The Bertz CT molecular complexity index is 420. The molecule has 1 fully saturated rings. The molecule has 1 atom stereocenters. The lowest BCUT2D eigenvalue weighted by molar-refractivity contribution is 0.136. The standard InChI is InChI=1S/C14H20N2O2/c1-11-4-2-6-13(8-11)15-14(18)16-7-3-5-12(9-16)10-17/h2,4,6,8,12,17H,3,5,7,9-10H2,1H3,(H,15,18)/t12-/m0/s1. The smallest absolute Gasteiger partial charge is 0.321 e. The first-order chi connectivity index (χ1) is 8.69. The fourth-order valence-electron chi connectivity index (χ4n) is 2.32. The Kier molecular flexibility index (Phi) is 4.20. The molecule has 0 radical (unpaired) electrons. The molecule has 2 rings (SSSR count). The van der Waals surface area contributed by atoms with Gasteiger partial charge in [0, 0.05) is 25.4 Å². The van der Waals surface area contributed by atoms with E-state index in [2.05, 4.69) is 5.32 Å². The lowest BCUT2D eigenvalue weighted by Crippen LogP contribution is -2.43. The van der Waals surface area contributed by atoms with Crippen LogP contribution in [-0.4, -0.2) is 35.7 Å². The van der Waals surface area contributed by atoms with Crippen LogP contribution in [0.25, 0.3) is 0 Å². The monoisotopic (exact) mass is 248 g/mol. The number of nitrogens with one attached hydrogen (secondary N) is 1. The Labute approximate surface area is 108 Å². The van der Waals surface area contributed by atoms with E-state index in [1.54, 1.807) is 4.90 Å². The molecule has 1 saturated heterocycles. The van der Waals surface area contributed by atoms with Crippen LogP contribution in [0.3, 0.4) is 0 Å². The Balaban J connectivity index is 1.95. The average molecular weight is 248 g/mol. The minimum absolute atomic E-state index is 0.0706. The summed E-state index contributed by atoms with van der Waals surface area (Å²) in [5.41, 5.74) is 1.95. The predicted molar refractivity (Wildman–Crippen MR) is 71.6 cm³/mol. The van der Waals surface area contributed by atoms with Crippen molar-refractivity contribution in [3.63, 3.8) is 0 Å². The molecule has 0 aliphatic carbocycles. The number of carbonyl (C=O) groups excluding carboxylic acids is 1. The van der Waals surface area contributed by atoms with E-state index in [4.69, 9.17) is 5.11 Å². The van der Waals surface area contributed by atoms with Gasteiger partial charge in [0.15, 0.2) is 0 Å². The van der Waals surface area contributed by atoms with Gasteiger partial charge in [-0.3, -0.25) is 0 Å². The maximum Gasteiger partial charge on any atom is 0.321 e. The van der Waals surface area contributed by atoms with E-state index in [0.29, 0.717) is 6.54 Å². The number of aliphatic hydroxyl groups is 1. The highest BCUT2D eigenvalue weighted by Gasteiger charge is 2.22. The van der Waals surface area contributed by atoms with Gasteiger partial charge in [0.05, 0.1) is 0 Å². The third-order valence-corrected chi connectivity index (χ3v) is 3.33. The van der Waals surface area contributed by atoms with Crippen molar-refractivity contribution in [3.05, 3.63) is 29.8 Å². The molecule has 0 saturated carbocycles. The maximum atomic E-state index is 12.1. The summed E-state index contributed by atoms with van der Waals surface area (Å²) >= 11 is 0. The number of nitrogens with zero attached hydrogens (tertiary/aromatic N) is 1. The molecule has 1 heterocycles. The second-order valence-electron chi connectivity index (χ2n) is 4.94. The average Bonchev–Trinajstić information content (AvgIpc) is 2.39. The first-order valence-corrected chi connectivity index (χ1v) is 6.42. The summed E-state index contributed by atoms with van der Waals surface area (Å²) in [5.74, 6) is 0.224. The molecule has 0 aromatic heterocycles. The van der Waals surface area contributed by atoms with E-state index in [-0.39, 0.29) is 18.6 Å².